The van der Waals surface area contributed by atoms with Crippen LogP contribution in [0.4, 0.5) is 0 Å². The summed E-state index contributed by atoms with van der Waals surface area (Å²) in [7, 11) is 2.02. The molecule has 20 heavy (non-hydrogen) atoms. The van der Waals surface area contributed by atoms with Crippen LogP contribution in [0.1, 0.15) is 30.5 Å². The van der Waals surface area contributed by atoms with E-state index in [0.29, 0.717) is 6.42 Å². The molecule has 0 bridgehead atoms. The summed E-state index contributed by atoms with van der Waals surface area (Å²) in [6.45, 7) is 5.59. The summed E-state index contributed by atoms with van der Waals surface area (Å²) >= 11 is 0. The molecule has 1 aliphatic heterocycles. The Morgan fingerprint density at radius 3 is 2.75 bits per heavy atom. The van der Waals surface area contributed by atoms with Gasteiger partial charge in [-0.15, -0.1) is 0 Å². The lowest BCUT2D eigenvalue weighted by Crippen LogP contribution is -2.13. The van der Waals surface area contributed by atoms with Gasteiger partial charge in [0.15, 0.2) is 0 Å². The number of fused-ring (bicyclic) bond motifs is 2. The monoisotopic (exact) mass is 272 g/mol. The van der Waals surface area contributed by atoms with Gasteiger partial charge in [0.2, 0.25) is 0 Å². The third kappa shape index (κ3) is 2.31. The zero-order chi connectivity index (χ0) is 14.3. The molecule has 0 atom stereocenters. The number of nitrogens with zero attached hydrogens (tertiary/aromatic N) is 1. The summed E-state index contributed by atoms with van der Waals surface area (Å²) < 4.78 is 7.33. The van der Waals surface area contributed by atoms with Gasteiger partial charge in [0.25, 0.3) is 0 Å². The molecule has 1 aromatic carbocycles. The molecule has 0 saturated heterocycles. The minimum atomic E-state index is -0.161. The first kappa shape index (κ1) is 13.2. The largest absolute Gasteiger partial charge is 0.463 e. The van der Waals surface area contributed by atoms with Gasteiger partial charge in [-0.3, -0.25) is 4.79 Å². The Kier molecular flexibility index (Phi) is 3.26. The number of aromatic nitrogens is 1. The Morgan fingerprint density at radius 1 is 1.35 bits per heavy atom. The number of esters is 1. The fraction of sp³-hybridized carbons (Fsp3) is 0.438. The average molecular weight is 272 g/mol. The summed E-state index contributed by atoms with van der Waals surface area (Å²) in [5.74, 6) is -0.161. The van der Waals surface area contributed by atoms with Crippen LogP contribution in [0.3, 0.4) is 0 Å². The molecule has 0 radical (unpaired) electrons. The molecular weight excluding hydrogens is 252 g/mol. The van der Waals surface area contributed by atoms with Crippen LogP contribution < -0.4 is 5.32 Å². The van der Waals surface area contributed by atoms with E-state index in [9.17, 15) is 4.79 Å². The molecule has 1 aromatic heterocycles. The number of carbonyl (C=O) groups excluding carboxylic acids is 1. The maximum absolute atomic E-state index is 11.9. The molecule has 0 amide bonds. The molecule has 3 rings (SSSR count). The fourth-order valence-electron chi connectivity index (χ4n) is 2.86. The lowest BCUT2D eigenvalue weighted by Gasteiger charge is -2.07. The van der Waals surface area contributed by atoms with Gasteiger partial charge in [0.1, 0.15) is 0 Å². The number of aryl methyl sites for hydroxylation is 1. The van der Waals surface area contributed by atoms with E-state index in [0.717, 1.165) is 24.0 Å². The van der Waals surface area contributed by atoms with Crippen molar-refractivity contribution >= 4 is 16.9 Å². The van der Waals surface area contributed by atoms with Gasteiger partial charge in [0.05, 0.1) is 12.5 Å². The first-order chi connectivity index (χ1) is 9.54. The Balaban J connectivity index is 1.97. The van der Waals surface area contributed by atoms with Crippen LogP contribution in [0.25, 0.3) is 10.9 Å². The molecule has 4 heteroatoms. The van der Waals surface area contributed by atoms with E-state index in [4.69, 9.17) is 4.74 Å². The second-order valence-corrected chi connectivity index (χ2v) is 5.72. The van der Waals surface area contributed by atoms with Crippen LogP contribution >= 0.6 is 0 Å². The molecule has 1 aliphatic rings. The van der Waals surface area contributed by atoms with Gasteiger partial charge >= 0.3 is 5.97 Å². The van der Waals surface area contributed by atoms with Crippen molar-refractivity contribution in [3.8, 4) is 0 Å². The van der Waals surface area contributed by atoms with Crippen LogP contribution in [0.5, 0.6) is 0 Å². The van der Waals surface area contributed by atoms with E-state index in [-0.39, 0.29) is 12.1 Å². The van der Waals surface area contributed by atoms with Crippen molar-refractivity contribution in [3.05, 3.63) is 35.0 Å². The number of carbonyl (C=O) groups is 1. The van der Waals surface area contributed by atoms with Gasteiger partial charge in [-0.05, 0) is 42.7 Å². The van der Waals surface area contributed by atoms with E-state index in [1.54, 1.807) is 0 Å². The molecule has 0 unspecified atom stereocenters. The van der Waals surface area contributed by atoms with Crippen molar-refractivity contribution in [1.29, 1.82) is 0 Å². The van der Waals surface area contributed by atoms with Crippen LogP contribution in [-0.2, 0) is 36.1 Å². The quantitative estimate of drug-likeness (QED) is 0.872. The molecule has 2 aromatic rings. The molecule has 0 spiro atoms. The highest BCUT2D eigenvalue weighted by molar-refractivity contribution is 5.89. The number of rotatable bonds is 3. The van der Waals surface area contributed by atoms with Gasteiger partial charge in [-0.2, -0.15) is 0 Å². The van der Waals surface area contributed by atoms with Crippen molar-refractivity contribution in [3.63, 3.8) is 0 Å². The highest BCUT2D eigenvalue weighted by Gasteiger charge is 2.17. The van der Waals surface area contributed by atoms with E-state index in [1.807, 2.05) is 27.1 Å². The second-order valence-electron chi connectivity index (χ2n) is 5.72. The molecule has 0 fully saturated rings. The fourth-order valence-corrected chi connectivity index (χ4v) is 2.86. The first-order valence-corrected chi connectivity index (χ1v) is 7.04. The number of ether oxygens (including phenoxy) is 1. The highest BCUT2D eigenvalue weighted by Crippen LogP contribution is 2.27. The van der Waals surface area contributed by atoms with E-state index in [2.05, 4.69) is 22.0 Å². The van der Waals surface area contributed by atoms with E-state index in [1.165, 1.54) is 16.6 Å². The number of hydrogen-bond donors (Lipinski definition) is 1. The van der Waals surface area contributed by atoms with E-state index >= 15 is 0 Å². The summed E-state index contributed by atoms with van der Waals surface area (Å²) in [4.78, 5) is 11.9. The number of nitrogens with one attached hydrogen (secondary N) is 1. The van der Waals surface area contributed by atoms with Crippen molar-refractivity contribution in [1.82, 2.24) is 9.88 Å². The molecule has 2 heterocycles. The third-order valence-electron chi connectivity index (χ3n) is 3.73. The lowest BCUT2D eigenvalue weighted by molar-refractivity contribution is -0.146. The van der Waals surface area contributed by atoms with Gasteiger partial charge in [0, 0.05) is 37.2 Å². The third-order valence-corrected chi connectivity index (χ3v) is 3.73. The zero-order valence-electron chi connectivity index (χ0n) is 12.2. The SMILES string of the molecule is CC(C)OC(=O)Cc1cn(C)c2cc3c(cc12)CNC3. The molecular formula is C16H20N2O2. The predicted octanol–water partition coefficient (Wildman–Crippen LogP) is 2.28. The van der Waals surface area contributed by atoms with Gasteiger partial charge in [-0.25, -0.2) is 0 Å². The topological polar surface area (TPSA) is 43.3 Å². The van der Waals surface area contributed by atoms with Crippen LogP contribution in [0.2, 0.25) is 0 Å². The minimum absolute atomic E-state index is 0.0640. The summed E-state index contributed by atoms with van der Waals surface area (Å²) in [5, 5.41) is 4.52. The predicted molar refractivity (Wildman–Crippen MR) is 78.4 cm³/mol. The van der Waals surface area contributed by atoms with Crippen LogP contribution in [-0.4, -0.2) is 16.6 Å². The summed E-state index contributed by atoms with van der Waals surface area (Å²) in [5.41, 5.74) is 4.92. The maximum atomic E-state index is 11.9. The first-order valence-electron chi connectivity index (χ1n) is 7.04. The molecule has 1 N–H and O–H groups in total. The Bertz CT molecular complexity index is 671. The summed E-state index contributed by atoms with van der Waals surface area (Å²) in [6, 6.07) is 4.44. The number of hydrogen-bond acceptors (Lipinski definition) is 3. The van der Waals surface area contributed by atoms with Crippen LogP contribution in [0.15, 0.2) is 18.3 Å². The highest BCUT2D eigenvalue weighted by atomic mass is 16.5. The van der Waals surface area contributed by atoms with E-state index < -0.39 is 0 Å². The van der Waals surface area contributed by atoms with Gasteiger partial charge in [-0.1, -0.05) is 0 Å². The Hall–Kier alpha value is -1.81. The zero-order valence-corrected chi connectivity index (χ0v) is 12.2. The molecule has 0 aliphatic carbocycles. The Labute approximate surface area is 118 Å². The standard InChI is InChI=1S/C16H20N2O2/c1-10(2)20-16(19)6-13-9-18(3)15-5-12-8-17-7-11(12)4-14(13)15/h4-5,9-10,17H,6-8H2,1-3H3. The van der Waals surface area contributed by atoms with Crippen molar-refractivity contribution in [2.45, 2.75) is 39.5 Å². The van der Waals surface area contributed by atoms with Crippen LogP contribution in [0, 0.1) is 0 Å². The smallest absolute Gasteiger partial charge is 0.310 e. The molecule has 4 nitrogen and oxygen atoms in total. The maximum Gasteiger partial charge on any atom is 0.310 e. The van der Waals surface area contributed by atoms with Crippen molar-refractivity contribution in [2.75, 3.05) is 0 Å². The van der Waals surface area contributed by atoms with Crippen molar-refractivity contribution < 1.29 is 9.53 Å². The summed E-state index contributed by atoms with van der Waals surface area (Å²) in [6.07, 6.45) is 2.31. The number of benzene rings is 1. The lowest BCUT2D eigenvalue weighted by atomic mass is 10.0. The van der Waals surface area contributed by atoms with Crippen molar-refractivity contribution in [2.24, 2.45) is 7.05 Å². The minimum Gasteiger partial charge on any atom is -0.463 e. The second kappa shape index (κ2) is 4.94. The van der Waals surface area contributed by atoms with Gasteiger partial charge < -0.3 is 14.6 Å². The Morgan fingerprint density at radius 2 is 2.05 bits per heavy atom. The average Bonchev–Trinajstić information content (AvgIpc) is 2.92. The normalized spacial score (nSPS) is 14.0. The molecule has 0 saturated carbocycles. The molecule has 106 valence electrons.